The van der Waals surface area contributed by atoms with E-state index in [1.807, 2.05) is 13.8 Å². The van der Waals surface area contributed by atoms with Crippen LogP contribution in [-0.2, 0) is 26.2 Å². The second-order valence-electron chi connectivity index (χ2n) is 8.96. The first-order valence-corrected chi connectivity index (χ1v) is 14.4. The van der Waals surface area contributed by atoms with Crippen LogP contribution in [0.3, 0.4) is 0 Å². The maximum atomic E-state index is 13.7. The number of amides is 2. The van der Waals surface area contributed by atoms with Crippen molar-refractivity contribution in [2.24, 2.45) is 0 Å². The molecule has 2 amide bonds. The second-order valence-corrected chi connectivity index (χ2v) is 11.7. The van der Waals surface area contributed by atoms with E-state index in [0.29, 0.717) is 46.7 Å². The first-order chi connectivity index (χ1) is 17.4. The first kappa shape index (κ1) is 28.9. The molecule has 1 atom stereocenters. The molecule has 12 heteroatoms. The normalized spacial score (nSPS) is 13.7. The predicted octanol–water partition coefficient (Wildman–Crippen LogP) is 3.86. The van der Waals surface area contributed by atoms with Crippen molar-refractivity contribution in [3.8, 4) is 11.5 Å². The summed E-state index contributed by atoms with van der Waals surface area (Å²) < 4.78 is 37.7. The lowest BCUT2D eigenvalue weighted by atomic mass is 10.1. The predicted molar refractivity (Wildman–Crippen MR) is 144 cm³/mol. The molecule has 202 valence electrons. The van der Waals surface area contributed by atoms with Crippen LogP contribution >= 0.6 is 23.2 Å². The van der Waals surface area contributed by atoms with Gasteiger partial charge in [0.25, 0.3) is 0 Å². The number of rotatable bonds is 10. The van der Waals surface area contributed by atoms with Crippen LogP contribution in [0.15, 0.2) is 36.4 Å². The van der Waals surface area contributed by atoms with Crippen LogP contribution in [0.5, 0.6) is 11.5 Å². The smallest absolute Gasteiger partial charge is 0.244 e. The Hall–Kier alpha value is -2.69. The Labute approximate surface area is 227 Å². The molecule has 0 bridgehead atoms. The summed E-state index contributed by atoms with van der Waals surface area (Å²) in [5, 5.41) is 3.50. The van der Waals surface area contributed by atoms with E-state index in [9.17, 15) is 18.0 Å². The van der Waals surface area contributed by atoms with Gasteiger partial charge in [-0.15, -0.1) is 0 Å². The van der Waals surface area contributed by atoms with Crippen LogP contribution in [0.1, 0.15) is 32.8 Å². The number of carbonyl (C=O) groups excluding carboxylic acids is 2. The topological polar surface area (TPSA) is 105 Å². The summed E-state index contributed by atoms with van der Waals surface area (Å²) in [4.78, 5) is 28.1. The van der Waals surface area contributed by atoms with Crippen molar-refractivity contribution in [1.29, 1.82) is 0 Å². The van der Waals surface area contributed by atoms with E-state index in [-0.39, 0.29) is 24.2 Å². The Kier molecular flexibility index (Phi) is 9.55. The number of sulfonamides is 1. The van der Waals surface area contributed by atoms with E-state index < -0.39 is 28.5 Å². The summed E-state index contributed by atoms with van der Waals surface area (Å²) in [6, 6.07) is 8.62. The van der Waals surface area contributed by atoms with Gasteiger partial charge in [0.05, 0.1) is 22.0 Å². The van der Waals surface area contributed by atoms with E-state index in [2.05, 4.69) is 5.32 Å². The van der Waals surface area contributed by atoms with Crippen LogP contribution in [0.2, 0.25) is 10.0 Å². The van der Waals surface area contributed by atoms with Gasteiger partial charge < -0.3 is 19.7 Å². The Morgan fingerprint density at radius 1 is 1.03 bits per heavy atom. The monoisotopic (exact) mass is 571 g/mol. The average molecular weight is 573 g/mol. The third-order valence-corrected chi connectivity index (χ3v) is 7.53. The highest BCUT2D eigenvalue weighted by atomic mass is 35.5. The van der Waals surface area contributed by atoms with Crippen LogP contribution < -0.4 is 19.1 Å². The third kappa shape index (κ3) is 7.43. The van der Waals surface area contributed by atoms with Crippen molar-refractivity contribution in [1.82, 2.24) is 10.2 Å². The molecule has 2 aromatic carbocycles. The van der Waals surface area contributed by atoms with E-state index in [4.69, 9.17) is 32.7 Å². The quantitative estimate of drug-likeness (QED) is 0.464. The molecule has 0 saturated heterocycles. The molecule has 0 saturated carbocycles. The molecule has 9 nitrogen and oxygen atoms in total. The Morgan fingerprint density at radius 2 is 1.70 bits per heavy atom. The maximum Gasteiger partial charge on any atom is 0.244 e. The molecular weight excluding hydrogens is 541 g/mol. The molecule has 0 spiro atoms. The van der Waals surface area contributed by atoms with Crippen molar-refractivity contribution >= 4 is 50.7 Å². The van der Waals surface area contributed by atoms with Crippen LogP contribution in [0.4, 0.5) is 5.69 Å². The summed E-state index contributed by atoms with van der Waals surface area (Å²) in [5.41, 5.74) is 0.887. The number of halogens is 2. The van der Waals surface area contributed by atoms with Gasteiger partial charge in [0.15, 0.2) is 11.5 Å². The first-order valence-electron chi connectivity index (χ1n) is 11.8. The van der Waals surface area contributed by atoms with E-state index in [1.54, 1.807) is 37.3 Å². The molecule has 1 unspecified atom stereocenters. The van der Waals surface area contributed by atoms with E-state index in [0.717, 1.165) is 10.6 Å². The number of nitrogens with one attached hydrogen (secondary N) is 1. The molecule has 1 aliphatic heterocycles. The number of nitrogens with zero attached hydrogens (tertiary/aromatic N) is 2. The second kappa shape index (κ2) is 12.2. The van der Waals surface area contributed by atoms with Crippen molar-refractivity contribution < 1.29 is 27.5 Å². The zero-order chi connectivity index (χ0) is 27.3. The number of benzene rings is 2. The summed E-state index contributed by atoms with van der Waals surface area (Å²) in [5.74, 6) is -0.0130. The Morgan fingerprint density at radius 3 is 2.30 bits per heavy atom. The van der Waals surface area contributed by atoms with Gasteiger partial charge in [-0.2, -0.15) is 0 Å². The fourth-order valence-corrected chi connectivity index (χ4v) is 5.10. The minimum atomic E-state index is -3.88. The van der Waals surface area contributed by atoms with Gasteiger partial charge in [-0.05, 0) is 50.1 Å². The molecule has 1 N–H and O–H groups in total. The molecule has 1 heterocycles. The zero-order valence-corrected chi connectivity index (χ0v) is 23.5. The van der Waals surface area contributed by atoms with Crippen LogP contribution in [0.25, 0.3) is 0 Å². The number of hydrogen-bond acceptors (Lipinski definition) is 6. The SMILES string of the molecule is CCC(C(=O)NC(C)C)N(Cc1ccc(Cl)c(Cl)c1)C(=O)CN(c1ccc2c(c1)OCCO2)S(C)(=O)=O. The van der Waals surface area contributed by atoms with Gasteiger partial charge in [-0.3, -0.25) is 13.9 Å². The lowest BCUT2D eigenvalue weighted by Crippen LogP contribution is -2.53. The fourth-order valence-electron chi connectivity index (χ4n) is 3.94. The lowest BCUT2D eigenvalue weighted by Gasteiger charge is -2.33. The molecule has 37 heavy (non-hydrogen) atoms. The molecular formula is C25H31Cl2N3O6S. The maximum absolute atomic E-state index is 13.7. The average Bonchev–Trinajstić information content (AvgIpc) is 2.83. The number of ether oxygens (including phenoxy) is 2. The number of fused-ring (bicyclic) bond motifs is 1. The standard InChI is InChI=1S/C25H31Cl2N3O6S/c1-5-21(25(32)28-16(2)3)29(14-17-6-8-19(26)20(27)12-17)24(31)15-30(37(4,33)34)18-7-9-22-23(13-18)36-11-10-35-22/h6-9,12-13,16,21H,5,10-11,14-15H2,1-4H3,(H,28,32). The summed E-state index contributed by atoms with van der Waals surface area (Å²) in [7, 11) is -3.88. The molecule has 3 rings (SSSR count). The Bertz CT molecular complexity index is 1250. The molecule has 0 fully saturated rings. The van der Waals surface area contributed by atoms with Crippen molar-refractivity contribution in [2.45, 2.75) is 45.8 Å². The minimum absolute atomic E-state index is 0.0263. The van der Waals surface area contributed by atoms with Gasteiger partial charge in [0, 0.05) is 18.7 Å². The highest BCUT2D eigenvalue weighted by Gasteiger charge is 2.32. The summed E-state index contributed by atoms with van der Waals surface area (Å²) in [6.45, 7) is 5.65. The molecule has 0 aromatic heterocycles. The largest absolute Gasteiger partial charge is 0.486 e. The van der Waals surface area contributed by atoms with Crippen molar-refractivity contribution in [3.05, 3.63) is 52.0 Å². The van der Waals surface area contributed by atoms with Crippen LogP contribution in [-0.4, -0.2) is 63.2 Å². The van der Waals surface area contributed by atoms with Gasteiger partial charge in [-0.1, -0.05) is 36.2 Å². The fraction of sp³-hybridized carbons (Fsp3) is 0.440. The minimum Gasteiger partial charge on any atom is -0.486 e. The third-order valence-electron chi connectivity index (χ3n) is 5.65. The van der Waals surface area contributed by atoms with E-state index >= 15 is 0 Å². The molecule has 2 aromatic rings. The van der Waals surface area contributed by atoms with Crippen molar-refractivity contribution in [3.63, 3.8) is 0 Å². The lowest BCUT2D eigenvalue weighted by molar-refractivity contribution is -0.140. The molecule has 0 aliphatic carbocycles. The number of anilines is 1. The van der Waals surface area contributed by atoms with E-state index in [1.165, 1.54) is 11.0 Å². The van der Waals surface area contributed by atoms with Crippen LogP contribution in [0, 0.1) is 0 Å². The number of hydrogen-bond donors (Lipinski definition) is 1. The van der Waals surface area contributed by atoms with Gasteiger partial charge in [0.2, 0.25) is 21.8 Å². The number of carbonyl (C=O) groups is 2. The van der Waals surface area contributed by atoms with Gasteiger partial charge in [0.1, 0.15) is 25.8 Å². The summed E-state index contributed by atoms with van der Waals surface area (Å²) >= 11 is 12.2. The molecule has 1 aliphatic rings. The Balaban J connectivity index is 1.97. The van der Waals surface area contributed by atoms with Crippen molar-refractivity contribution in [2.75, 3.05) is 30.3 Å². The van der Waals surface area contributed by atoms with Gasteiger partial charge >= 0.3 is 0 Å². The highest BCUT2D eigenvalue weighted by molar-refractivity contribution is 7.92. The zero-order valence-electron chi connectivity index (χ0n) is 21.2. The molecule has 0 radical (unpaired) electrons. The summed E-state index contributed by atoms with van der Waals surface area (Å²) in [6.07, 6.45) is 1.33. The van der Waals surface area contributed by atoms with Gasteiger partial charge in [-0.25, -0.2) is 8.42 Å². The highest BCUT2D eigenvalue weighted by Crippen LogP contribution is 2.35.